The Hall–Kier alpha value is -1.29. The molecule has 1 aromatic carbocycles. The lowest BCUT2D eigenvalue weighted by Gasteiger charge is -2.17. The molecule has 0 spiro atoms. The van der Waals surface area contributed by atoms with Gasteiger partial charge in [0.25, 0.3) is 0 Å². The average Bonchev–Trinajstić information content (AvgIpc) is 2.23. The molecule has 16 heavy (non-hydrogen) atoms. The number of benzene rings is 1. The first-order chi connectivity index (χ1) is 7.47. The molecule has 1 unspecified atom stereocenters. The number of hydrogen-bond donors (Lipinski definition) is 1. The van der Waals surface area contributed by atoms with Gasteiger partial charge in [-0.05, 0) is 26.5 Å². The lowest BCUT2D eigenvalue weighted by molar-refractivity contribution is 0.428. The molecule has 0 aliphatic rings. The van der Waals surface area contributed by atoms with Crippen molar-refractivity contribution >= 4 is 0 Å². The van der Waals surface area contributed by atoms with Crippen LogP contribution in [-0.2, 0) is 0 Å². The molecule has 0 aromatic heterocycles. The second kappa shape index (κ2) is 5.16. The third-order valence-electron chi connectivity index (χ3n) is 2.34. The molecule has 0 saturated heterocycles. The highest BCUT2D eigenvalue weighted by Gasteiger charge is 2.19. The Bertz CT molecular complexity index is 401. The lowest BCUT2D eigenvalue weighted by atomic mass is 9.99. The van der Waals surface area contributed by atoms with Gasteiger partial charge < -0.3 is 5.32 Å². The Morgan fingerprint density at radius 3 is 2.44 bits per heavy atom. The van der Waals surface area contributed by atoms with Gasteiger partial charge in [-0.1, -0.05) is 11.6 Å². The summed E-state index contributed by atoms with van der Waals surface area (Å²) in [5.74, 6) is -3.74. The van der Waals surface area contributed by atoms with Gasteiger partial charge in [-0.15, -0.1) is 6.58 Å². The summed E-state index contributed by atoms with van der Waals surface area (Å²) in [5, 5.41) is 2.85. The number of rotatable bonds is 4. The minimum absolute atomic E-state index is 0.115. The van der Waals surface area contributed by atoms with E-state index in [9.17, 15) is 13.2 Å². The van der Waals surface area contributed by atoms with Crippen LogP contribution >= 0.6 is 0 Å². The molecule has 0 amide bonds. The van der Waals surface area contributed by atoms with Gasteiger partial charge >= 0.3 is 0 Å². The molecular formula is C12H14F3N. The first kappa shape index (κ1) is 12.8. The zero-order chi connectivity index (χ0) is 12.3. The second-order valence-corrected chi connectivity index (χ2v) is 3.77. The Morgan fingerprint density at radius 2 is 1.94 bits per heavy atom. The first-order valence-corrected chi connectivity index (χ1v) is 4.92. The van der Waals surface area contributed by atoms with E-state index in [1.54, 1.807) is 14.0 Å². The topological polar surface area (TPSA) is 12.0 Å². The molecular weight excluding hydrogens is 215 g/mol. The van der Waals surface area contributed by atoms with E-state index in [4.69, 9.17) is 0 Å². The minimum Gasteiger partial charge on any atom is -0.313 e. The summed E-state index contributed by atoms with van der Waals surface area (Å²) in [7, 11) is 1.63. The first-order valence-electron chi connectivity index (χ1n) is 4.92. The molecule has 0 heterocycles. The van der Waals surface area contributed by atoms with Crippen molar-refractivity contribution in [2.45, 2.75) is 19.4 Å². The molecule has 0 radical (unpaired) electrons. The van der Waals surface area contributed by atoms with Crippen LogP contribution in [0.5, 0.6) is 0 Å². The van der Waals surface area contributed by atoms with E-state index >= 15 is 0 Å². The fraction of sp³-hybridized carbons (Fsp3) is 0.333. The van der Waals surface area contributed by atoms with Crippen molar-refractivity contribution < 1.29 is 13.2 Å². The molecule has 0 aliphatic carbocycles. The van der Waals surface area contributed by atoms with E-state index in [0.717, 1.165) is 11.6 Å². The number of halogens is 3. The second-order valence-electron chi connectivity index (χ2n) is 3.77. The molecule has 1 atom stereocenters. The zero-order valence-corrected chi connectivity index (χ0v) is 9.28. The van der Waals surface area contributed by atoms with E-state index in [1.165, 1.54) is 6.07 Å². The van der Waals surface area contributed by atoms with Crippen LogP contribution in [0.25, 0.3) is 0 Å². The van der Waals surface area contributed by atoms with Crippen LogP contribution in [0.3, 0.4) is 0 Å². The SMILES string of the molecule is C=C(C)CC(NC)c1ccc(F)c(F)c1F. The van der Waals surface area contributed by atoms with Gasteiger partial charge in [-0.2, -0.15) is 0 Å². The van der Waals surface area contributed by atoms with Crippen LogP contribution in [0.15, 0.2) is 24.3 Å². The van der Waals surface area contributed by atoms with Gasteiger partial charge in [0.1, 0.15) is 0 Å². The summed E-state index contributed by atoms with van der Waals surface area (Å²) in [4.78, 5) is 0. The fourth-order valence-corrected chi connectivity index (χ4v) is 1.53. The van der Waals surface area contributed by atoms with Gasteiger partial charge in [0.2, 0.25) is 0 Å². The van der Waals surface area contributed by atoms with Crippen molar-refractivity contribution in [1.29, 1.82) is 0 Å². The van der Waals surface area contributed by atoms with Gasteiger partial charge in [-0.25, -0.2) is 13.2 Å². The Balaban J connectivity index is 3.11. The highest BCUT2D eigenvalue weighted by Crippen LogP contribution is 2.25. The predicted octanol–water partition coefficient (Wildman–Crippen LogP) is 3.33. The number of nitrogens with one attached hydrogen (secondary N) is 1. The standard InChI is InChI=1S/C12H14F3N/c1-7(2)6-10(16-3)8-4-5-9(13)12(15)11(8)14/h4-5,10,16H,1,6H2,2-3H3. The minimum atomic E-state index is -1.43. The summed E-state index contributed by atoms with van der Waals surface area (Å²) >= 11 is 0. The van der Waals surface area contributed by atoms with Crippen LogP contribution in [0.2, 0.25) is 0 Å². The van der Waals surface area contributed by atoms with Gasteiger partial charge in [0, 0.05) is 11.6 Å². The average molecular weight is 229 g/mol. The number of hydrogen-bond acceptors (Lipinski definition) is 1. The molecule has 88 valence electrons. The largest absolute Gasteiger partial charge is 0.313 e. The van der Waals surface area contributed by atoms with Gasteiger partial charge in [-0.3, -0.25) is 0 Å². The zero-order valence-electron chi connectivity index (χ0n) is 9.28. The summed E-state index contributed by atoms with van der Waals surface area (Å²) in [6.45, 7) is 5.50. The fourth-order valence-electron chi connectivity index (χ4n) is 1.53. The summed E-state index contributed by atoms with van der Waals surface area (Å²) in [5.41, 5.74) is 0.952. The van der Waals surface area contributed by atoms with E-state index in [0.29, 0.717) is 6.42 Å². The molecule has 4 heteroatoms. The van der Waals surface area contributed by atoms with Crippen LogP contribution in [-0.4, -0.2) is 7.05 Å². The Kier molecular flexibility index (Phi) is 4.12. The van der Waals surface area contributed by atoms with Crippen molar-refractivity contribution in [3.05, 3.63) is 47.3 Å². The predicted molar refractivity (Wildman–Crippen MR) is 57.5 cm³/mol. The summed E-state index contributed by atoms with van der Waals surface area (Å²) in [6.07, 6.45) is 0.471. The van der Waals surface area contributed by atoms with Crippen LogP contribution in [0, 0.1) is 17.5 Å². The smallest absolute Gasteiger partial charge is 0.194 e. The molecule has 1 N–H and O–H groups in total. The van der Waals surface area contributed by atoms with E-state index < -0.39 is 23.5 Å². The molecule has 0 bridgehead atoms. The lowest BCUT2D eigenvalue weighted by Crippen LogP contribution is -2.18. The van der Waals surface area contributed by atoms with Gasteiger partial charge in [0.05, 0.1) is 0 Å². The van der Waals surface area contributed by atoms with E-state index in [2.05, 4.69) is 11.9 Å². The van der Waals surface area contributed by atoms with Crippen molar-refractivity contribution in [1.82, 2.24) is 5.32 Å². The third kappa shape index (κ3) is 2.64. The molecule has 1 aromatic rings. The molecule has 0 fully saturated rings. The van der Waals surface area contributed by atoms with Crippen molar-refractivity contribution in [3.8, 4) is 0 Å². The maximum absolute atomic E-state index is 13.5. The summed E-state index contributed by atoms with van der Waals surface area (Å²) < 4.78 is 39.2. The normalized spacial score (nSPS) is 12.6. The quantitative estimate of drug-likeness (QED) is 0.616. The maximum Gasteiger partial charge on any atom is 0.194 e. The van der Waals surface area contributed by atoms with Crippen molar-refractivity contribution in [3.63, 3.8) is 0 Å². The highest BCUT2D eigenvalue weighted by atomic mass is 19.2. The van der Waals surface area contributed by atoms with Crippen LogP contribution < -0.4 is 5.32 Å². The monoisotopic (exact) mass is 229 g/mol. The molecule has 0 aliphatic heterocycles. The van der Waals surface area contributed by atoms with Crippen LogP contribution in [0.4, 0.5) is 13.2 Å². The van der Waals surface area contributed by atoms with Crippen molar-refractivity contribution in [2.24, 2.45) is 0 Å². The highest BCUT2D eigenvalue weighted by molar-refractivity contribution is 5.24. The van der Waals surface area contributed by atoms with E-state index in [1.807, 2.05) is 0 Å². The van der Waals surface area contributed by atoms with Gasteiger partial charge in [0.15, 0.2) is 17.5 Å². The van der Waals surface area contributed by atoms with Crippen molar-refractivity contribution in [2.75, 3.05) is 7.05 Å². The summed E-state index contributed by atoms with van der Waals surface area (Å²) in [6, 6.07) is 1.78. The molecule has 0 saturated carbocycles. The van der Waals surface area contributed by atoms with Crippen LogP contribution in [0.1, 0.15) is 24.9 Å². The Morgan fingerprint density at radius 1 is 1.31 bits per heavy atom. The maximum atomic E-state index is 13.5. The van der Waals surface area contributed by atoms with E-state index in [-0.39, 0.29) is 5.56 Å². The third-order valence-corrected chi connectivity index (χ3v) is 2.34. The Labute approximate surface area is 93.0 Å². The molecule has 1 rings (SSSR count). The molecule has 1 nitrogen and oxygen atoms in total.